The number of halogens is 1. The van der Waals surface area contributed by atoms with Crippen LogP contribution in [0, 0.1) is 0 Å². The Kier molecular flexibility index (Phi) is 3.76. The molecule has 0 bridgehead atoms. The van der Waals surface area contributed by atoms with Gasteiger partial charge in [-0.3, -0.25) is 4.90 Å². The van der Waals surface area contributed by atoms with E-state index in [2.05, 4.69) is 34.7 Å². The summed E-state index contributed by atoms with van der Waals surface area (Å²) >= 11 is 3.57. The number of hydrogen-bond donors (Lipinski definition) is 1. The first-order valence-electron chi connectivity index (χ1n) is 5.86. The molecule has 0 atom stereocenters. The molecule has 1 saturated heterocycles. The van der Waals surface area contributed by atoms with Crippen LogP contribution in [0.5, 0.6) is 0 Å². The molecule has 1 heterocycles. The van der Waals surface area contributed by atoms with Crippen LogP contribution in [0.25, 0.3) is 0 Å². The Labute approximate surface area is 111 Å². The van der Waals surface area contributed by atoms with E-state index in [0.717, 1.165) is 36.5 Å². The highest BCUT2D eigenvalue weighted by atomic mass is 79.9. The van der Waals surface area contributed by atoms with Crippen molar-refractivity contribution in [3.63, 3.8) is 0 Å². The highest BCUT2D eigenvalue weighted by Gasteiger charge is 2.30. The maximum absolute atomic E-state index is 6.04. The monoisotopic (exact) mass is 298 g/mol. The van der Waals surface area contributed by atoms with Crippen molar-refractivity contribution in [2.45, 2.75) is 25.9 Å². The van der Waals surface area contributed by atoms with Crippen LogP contribution in [0.4, 0.5) is 5.69 Å². The predicted octanol–water partition coefficient (Wildman–Crippen LogP) is 2.64. The molecule has 1 aliphatic rings. The van der Waals surface area contributed by atoms with Crippen LogP contribution in [-0.2, 0) is 11.3 Å². The van der Waals surface area contributed by atoms with Gasteiger partial charge in [0.05, 0.1) is 13.2 Å². The first-order chi connectivity index (χ1) is 8.00. The van der Waals surface area contributed by atoms with Crippen molar-refractivity contribution < 1.29 is 4.74 Å². The summed E-state index contributed by atoms with van der Waals surface area (Å²) in [5.41, 5.74) is 8.13. The summed E-state index contributed by atoms with van der Waals surface area (Å²) in [6.07, 6.45) is 0. The van der Waals surface area contributed by atoms with E-state index >= 15 is 0 Å². The summed E-state index contributed by atoms with van der Waals surface area (Å²) in [6, 6.07) is 5.96. The zero-order valence-corrected chi connectivity index (χ0v) is 12.0. The van der Waals surface area contributed by atoms with Crippen molar-refractivity contribution in [2.75, 3.05) is 25.5 Å². The van der Waals surface area contributed by atoms with E-state index in [1.54, 1.807) is 0 Å². The number of rotatable bonds is 2. The van der Waals surface area contributed by atoms with Gasteiger partial charge in [-0.15, -0.1) is 0 Å². The average molecular weight is 299 g/mol. The van der Waals surface area contributed by atoms with E-state index in [0.29, 0.717) is 0 Å². The molecular formula is C13H19BrN2O. The van der Waals surface area contributed by atoms with Gasteiger partial charge in [-0.05, 0) is 26.0 Å². The molecule has 94 valence electrons. The standard InChI is InChI=1S/C13H19BrN2O/c1-13(2)9-17-7-6-16(13)8-10-11(14)4-3-5-12(10)15/h3-5H,6-9,15H2,1-2H3. The van der Waals surface area contributed by atoms with Crippen molar-refractivity contribution in [3.05, 3.63) is 28.2 Å². The van der Waals surface area contributed by atoms with Gasteiger partial charge in [-0.1, -0.05) is 22.0 Å². The number of nitrogens with two attached hydrogens (primary N) is 1. The van der Waals surface area contributed by atoms with Crippen molar-refractivity contribution in [2.24, 2.45) is 0 Å². The average Bonchev–Trinajstić information content (AvgIpc) is 2.25. The molecule has 1 aromatic rings. The second-order valence-corrected chi connectivity index (χ2v) is 5.95. The van der Waals surface area contributed by atoms with E-state index in [4.69, 9.17) is 10.5 Å². The van der Waals surface area contributed by atoms with E-state index < -0.39 is 0 Å². The summed E-state index contributed by atoms with van der Waals surface area (Å²) in [6.45, 7) is 7.81. The van der Waals surface area contributed by atoms with Crippen molar-refractivity contribution in [3.8, 4) is 0 Å². The van der Waals surface area contributed by atoms with Gasteiger partial charge < -0.3 is 10.5 Å². The van der Waals surface area contributed by atoms with Gasteiger partial charge in [-0.2, -0.15) is 0 Å². The van der Waals surface area contributed by atoms with E-state index in [1.165, 1.54) is 5.56 Å². The molecule has 1 aromatic carbocycles. The van der Waals surface area contributed by atoms with Gasteiger partial charge >= 0.3 is 0 Å². The van der Waals surface area contributed by atoms with Crippen LogP contribution < -0.4 is 5.73 Å². The van der Waals surface area contributed by atoms with Gasteiger partial charge in [0.2, 0.25) is 0 Å². The molecule has 3 nitrogen and oxygen atoms in total. The van der Waals surface area contributed by atoms with Gasteiger partial charge in [0.1, 0.15) is 0 Å². The lowest BCUT2D eigenvalue weighted by Crippen LogP contribution is -2.52. The Morgan fingerprint density at radius 3 is 2.88 bits per heavy atom. The lowest BCUT2D eigenvalue weighted by atomic mass is 10.0. The summed E-state index contributed by atoms with van der Waals surface area (Å²) in [5, 5.41) is 0. The molecule has 2 N–H and O–H groups in total. The minimum absolute atomic E-state index is 0.0694. The molecule has 0 saturated carbocycles. The third kappa shape index (κ3) is 2.81. The molecule has 4 heteroatoms. The molecule has 0 aliphatic carbocycles. The molecule has 17 heavy (non-hydrogen) atoms. The molecule has 0 aromatic heterocycles. The maximum Gasteiger partial charge on any atom is 0.0645 e. The van der Waals surface area contributed by atoms with Gasteiger partial charge in [0, 0.05) is 34.4 Å². The largest absolute Gasteiger partial charge is 0.398 e. The van der Waals surface area contributed by atoms with Crippen LogP contribution in [0.1, 0.15) is 19.4 Å². The van der Waals surface area contributed by atoms with Crippen LogP contribution in [-0.4, -0.2) is 30.2 Å². The number of nitrogen functional groups attached to an aromatic ring is 1. The Morgan fingerprint density at radius 2 is 2.24 bits per heavy atom. The summed E-state index contributed by atoms with van der Waals surface area (Å²) in [5.74, 6) is 0. The van der Waals surface area contributed by atoms with Crippen molar-refractivity contribution >= 4 is 21.6 Å². The second kappa shape index (κ2) is 4.96. The highest BCUT2D eigenvalue weighted by Crippen LogP contribution is 2.28. The zero-order chi connectivity index (χ0) is 12.5. The SMILES string of the molecule is CC1(C)COCCN1Cc1c(N)cccc1Br. The number of benzene rings is 1. The molecule has 2 rings (SSSR count). The summed E-state index contributed by atoms with van der Waals surface area (Å²) in [7, 11) is 0. The smallest absolute Gasteiger partial charge is 0.0645 e. The number of anilines is 1. The summed E-state index contributed by atoms with van der Waals surface area (Å²) < 4.78 is 6.61. The van der Waals surface area contributed by atoms with Crippen LogP contribution in [0.2, 0.25) is 0 Å². The topological polar surface area (TPSA) is 38.5 Å². The Morgan fingerprint density at radius 1 is 1.47 bits per heavy atom. The predicted molar refractivity (Wildman–Crippen MR) is 73.9 cm³/mol. The first kappa shape index (κ1) is 12.9. The lowest BCUT2D eigenvalue weighted by molar-refractivity contribution is -0.0552. The maximum atomic E-state index is 6.04. The fourth-order valence-corrected chi connectivity index (χ4v) is 2.62. The van der Waals surface area contributed by atoms with Crippen molar-refractivity contribution in [1.82, 2.24) is 4.90 Å². The fourth-order valence-electron chi connectivity index (χ4n) is 2.12. The van der Waals surface area contributed by atoms with Gasteiger partial charge in [-0.25, -0.2) is 0 Å². The number of hydrogen-bond acceptors (Lipinski definition) is 3. The normalized spacial score (nSPS) is 20.4. The minimum Gasteiger partial charge on any atom is -0.398 e. The first-order valence-corrected chi connectivity index (χ1v) is 6.66. The van der Waals surface area contributed by atoms with E-state index in [-0.39, 0.29) is 5.54 Å². The molecular weight excluding hydrogens is 280 g/mol. The quantitative estimate of drug-likeness (QED) is 0.853. The molecule has 1 fully saturated rings. The van der Waals surface area contributed by atoms with Crippen LogP contribution in [0.3, 0.4) is 0 Å². The minimum atomic E-state index is 0.0694. The van der Waals surface area contributed by atoms with Crippen LogP contribution in [0.15, 0.2) is 22.7 Å². The summed E-state index contributed by atoms with van der Waals surface area (Å²) in [4.78, 5) is 2.42. The Balaban J connectivity index is 2.20. The zero-order valence-electron chi connectivity index (χ0n) is 10.4. The van der Waals surface area contributed by atoms with Crippen molar-refractivity contribution in [1.29, 1.82) is 0 Å². The highest BCUT2D eigenvalue weighted by molar-refractivity contribution is 9.10. The molecule has 0 amide bonds. The molecule has 0 unspecified atom stereocenters. The lowest BCUT2D eigenvalue weighted by Gasteiger charge is -2.42. The molecule has 0 radical (unpaired) electrons. The third-order valence-electron chi connectivity index (χ3n) is 3.32. The van der Waals surface area contributed by atoms with E-state index in [1.807, 2.05) is 18.2 Å². The number of morpholine rings is 1. The number of nitrogens with zero attached hydrogens (tertiary/aromatic N) is 1. The van der Waals surface area contributed by atoms with Crippen LogP contribution >= 0.6 is 15.9 Å². The van der Waals surface area contributed by atoms with Gasteiger partial charge in [0.15, 0.2) is 0 Å². The fraction of sp³-hybridized carbons (Fsp3) is 0.538. The third-order valence-corrected chi connectivity index (χ3v) is 4.06. The second-order valence-electron chi connectivity index (χ2n) is 5.09. The Bertz CT molecular complexity index is 386. The Hall–Kier alpha value is -0.580. The van der Waals surface area contributed by atoms with E-state index in [9.17, 15) is 0 Å². The number of ether oxygens (including phenoxy) is 1. The molecule has 0 spiro atoms. The van der Waals surface area contributed by atoms with Gasteiger partial charge in [0.25, 0.3) is 0 Å². The molecule has 1 aliphatic heterocycles.